The van der Waals surface area contributed by atoms with Crippen LogP contribution in [0.25, 0.3) is 0 Å². The molecule has 0 aromatic rings. The first-order chi connectivity index (χ1) is 5.83. The third-order valence-corrected chi connectivity index (χ3v) is 3.16. The largest absolute Gasteiger partial charge is 0.0625 e. The summed E-state index contributed by atoms with van der Waals surface area (Å²) >= 11 is 0. The molecule has 12 heavy (non-hydrogen) atoms. The molecule has 1 radical (unpaired) electrons. The van der Waals surface area contributed by atoms with Crippen molar-refractivity contribution >= 4 is 0 Å². The molecule has 0 amide bonds. The molecule has 1 fully saturated rings. The van der Waals surface area contributed by atoms with Gasteiger partial charge in [-0.3, -0.25) is 0 Å². The van der Waals surface area contributed by atoms with E-state index in [2.05, 4.69) is 13.8 Å². The van der Waals surface area contributed by atoms with Gasteiger partial charge in [-0.05, 0) is 18.3 Å². The first kappa shape index (κ1) is 10.1. The normalized spacial score (nSPS) is 22.5. The summed E-state index contributed by atoms with van der Waals surface area (Å²) in [6.45, 7) is 6.31. The van der Waals surface area contributed by atoms with Crippen LogP contribution < -0.4 is 0 Å². The molecule has 0 N–H and O–H groups in total. The Morgan fingerprint density at radius 2 is 1.92 bits per heavy atom. The highest BCUT2D eigenvalue weighted by atomic mass is 14.2. The van der Waals surface area contributed by atoms with Crippen molar-refractivity contribution in [1.82, 2.24) is 0 Å². The highest BCUT2D eigenvalue weighted by Crippen LogP contribution is 2.30. The zero-order valence-corrected chi connectivity index (χ0v) is 8.52. The van der Waals surface area contributed by atoms with E-state index < -0.39 is 0 Å². The second-order valence-electron chi connectivity index (χ2n) is 4.49. The van der Waals surface area contributed by atoms with E-state index in [1.807, 2.05) is 0 Å². The summed E-state index contributed by atoms with van der Waals surface area (Å²) < 4.78 is 0. The molecule has 0 aromatic carbocycles. The minimum atomic E-state index is 0.922. The van der Waals surface area contributed by atoms with Gasteiger partial charge in [0, 0.05) is 0 Å². The molecule has 0 nitrogen and oxygen atoms in total. The summed E-state index contributed by atoms with van der Waals surface area (Å²) in [6.07, 6.45) is 11.4. The van der Waals surface area contributed by atoms with Crippen LogP contribution in [0.4, 0.5) is 0 Å². The first-order valence-corrected chi connectivity index (χ1v) is 5.62. The molecular weight excluding hydrogens is 144 g/mol. The van der Waals surface area contributed by atoms with Crippen LogP contribution in [0.1, 0.15) is 58.3 Å². The molecule has 1 saturated carbocycles. The molecule has 1 aliphatic carbocycles. The van der Waals surface area contributed by atoms with Gasteiger partial charge in [0.25, 0.3) is 0 Å². The monoisotopic (exact) mass is 167 g/mol. The number of hydrogen-bond acceptors (Lipinski definition) is 0. The maximum absolute atomic E-state index is 3.92. The zero-order chi connectivity index (χ0) is 8.81. The van der Waals surface area contributed by atoms with E-state index in [0.29, 0.717) is 0 Å². The quantitative estimate of drug-likeness (QED) is 0.588. The Hall–Kier alpha value is 0. The van der Waals surface area contributed by atoms with E-state index in [0.717, 1.165) is 18.3 Å². The summed E-state index contributed by atoms with van der Waals surface area (Å²) in [5, 5.41) is 0. The van der Waals surface area contributed by atoms with Crippen molar-refractivity contribution < 1.29 is 0 Å². The summed E-state index contributed by atoms with van der Waals surface area (Å²) in [6, 6.07) is 0. The van der Waals surface area contributed by atoms with Gasteiger partial charge in [-0.1, -0.05) is 58.8 Å². The molecule has 0 bridgehead atoms. The summed E-state index contributed by atoms with van der Waals surface area (Å²) in [4.78, 5) is 0. The van der Waals surface area contributed by atoms with E-state index in [1.54, 1.807) is 0 Å². The Morgan fingerprint density at radius 1 is 1.25 bits per heavy atom. The minimum absolute atomic E-state index is 0.922. The van der Waals surface area contributed by atoms with Crippen LogP contribution in [-0.2, 0) is 0 Å². The molecule has 0 aromatic heterocycles. The molecule has 0 aliphatic heterocycles. The molecule has 0 heterocycles. The molecule has 1 unspecified atom stereocenters. The predicted molar refractivity (Wildman–Crippen MR) is 54.9 cm³/mol. The second-order valence-corrected chi connectivity index (χ2v) is 4.49. The lowest BCUT2D eigenvalue weighted by atomic mass is 9.82. The summed E-state index contributed by atoms with van der Waals surface area (Å²) in [5.41, 5.74) is 0. The van der Waals surface area contributed by atoms with Crippen molar-refractivity contribution in [3.05, 3.63) is 6.92 Å². The number of hydrogen-bond donors (Lipinski definition) is 0. The highest BCUT2D eigenvalue weighted by Gasteiger charge is 2.15. The third-order valence-electron chi connectivity index (χ3n) is 3.16. The van der Waals surface area contributed by atoms with Gasteiger partial charge in [-0.2, -0.15) is 0 Å². The Labute approximate surface area is 77.7 Å². The maximum atomic E-state index is 3.92. The van der Waals surface area contributed by atoms with Crippen LogP contribution in [0.15, 0.2) is 0 Å². The molecule has 0 saturated heterocycles. The zero-order valence-electron chi connectivity index (χ0n) is 8.52. The van der Waals surface area contributed by atoms with Gasteiger partial charge < -0.3 is 0 Å². The summed E-state index contributed by atoms with van der Waals surface area (Å²) in [7, 11) is 0. The van der Waals surface area contributed by atoms with Gasteiger partial charge in [-0.15, -0.1) is 0 Å². The molecular formula is C12H23. The van der Waals surface area contributed by atoms with E-state index in [9.17, 15) is 0 Å². The van der Waals surface area contributed by atoms with E-state index >= 15 is 0 Å². The van der Waals surface area contributed by atoms with E-state index in [-0.39, 0.29) is 0 Å². The first-order valence-electron chi connectivity index (χ1n) is 5.62. The molecule has 71 valence electrons. The van der Waals surface area contributed by atoms with Crippen molar-refractivity contribution in [1.29, 1.82) is 0 Å². The lowest BCUT2D eigenvalue weighted by Gasteiger charge is -2.24. The standard InChI is InChI=1S/C12H23/c1-3-7-11(2)10-12-8-5-4-6-9-12/h11-12H,1,3-10H2,2H3. The lowest BCUT2D eigenvalue weighted by molar-refractivity contribution is 0.290. The van der Waals surface area contributed by atoms with Crippen molar-refractivity contribution in [2.75, 3.05) is 0 Å². The summed E-state index contributed by atoms with van der Waals surface area (Å²) in [5.74, 6) is 1.98. The molecule has 1 atom stereocenters. The highest BCUT2D eigenvalue weighted by molar-refractivity contribution is 4.68. The van der Waals surface area contributed by atoms with Gasteiger partial charge in [0.1, 0.15) is 0 Å². The second kappa shape index (κ2) is 5.61. The topological polar surface area (TPSA) is 0 Å². The lowest BCUT2D eigenvalue weighted by Crippen LogP contribution is -2.10. The number of rotatable bonds is 4. The van der Waals surface area contributed by atoms with Gasteiger partial charge in [0.2, 0.25) is 0 Å². The van der Waals surface area contributed by atoms with Crippen LogP contribution in [0, 0.1) is 18.8 Å². The van der Waals surface area contributed by atoms with Crippen LogP contribution in [0.3, 0.4) is 0 Å². The van der Waals surface area contributed by atoms with Crippen LogP contribution >= 0.6 is 0 Å². The van der Waals surface area contributed by atoms with Gasteiger partial charge in [0.15, 0.2) is 0 Å². The van der Waals surface area contributed by atoms with Gasteiger partial charge >= 0.3 is 0 Å². The van der Waals surface area contributed by atoms with Crippen LogP contribution in [0.2, 0.25) is 0 Å². The van der Waals surface area contributed by atoms with Crippen LogP contribution in [0.5, 0.6) is 0 Å². The average Bonchev–Trinajstić information content (AvgIpc) is 2.06. The Balaban J connectivity index is 2.11. The average molecular weight is 167 g/mol. The van der Waals surface area contributed by atoms with Crippen molar-refractivity contribution in [3.8, 4) is 0 Å². The van der Waals surface area contributed by atoms with Crippen LogP contribution in [-0.4, -0.2) is 0 Å². The van der Waals surface area contributed by atoms with Gasteiger partial charge in [-0.25, -0.2) is 0 Å². The molecule has 0 spiro atoms. The maximum Gasteiger partial charge on any atom is -0.0412 e. The Bertz CT molecular complexity index is 101. The fourth-order valence-electron chi connectivity index (χ4n) is 2.46. The van der Waals surface area contributed by atoms with Gasteiger partial charge in [0.05, 0.1) is 0 Å². The van der Waals surface area contributed by atoms with Crippen molar-refractivity contribution in [2.24, 2.45) is 11.8 Å². The fourth-order valence-corrected chi connectivity index (χ4v) is 2.46. The third kappa shape index (κ3) is 3.60. The SMILES string of the molecule is [CH2]CCC(C)CC1CCCCC1. The molecule has 1 aliphatic rings. The fraction of sp³-hybridized carbons (Fsp3) is 0.917. The van der Waals surface area contributed by atoms with E-state index in [1.165, 1.54) is 44.9 Å². The molecule has 0 heteroatoms. The van der Waals surface area contributed by atoms with E-state index in [4.69, 9.17) is 0 Å². The molecule has 1 rings (SSSR count). The smallest absolute Gasteiger partial charge is 0.0412 e. The van der Waals surface area contributed by atoms with Crippen molar-refractivity contribution in [2.45, 2.75) is 58.3 Å². The minimum Gasteiger partial charge on any atom is -0.0625 e. The van der Waals surface area contributed by atoms with Crippen molar-refractivity contribution in [3.63, 3.8) is 0 Å². The Morgan fingerprint density at radius 3 is 2.50 bits per heavy atom. The predicted octanol–water partition coefficient (Wildman–Crippen LogP) is 4.21. The Kier molecular flexibility index (Phi) is 4.72.